The van der Waals surface area contributed by atoms with Gasteiger partial charge in [0.15, 0.2) is 5.76 Å². The van der Waals surface area contributed by atoms with Crippen LogP contribution in [0.1, 0.15) is 42.0 Å². The van der Waals surface area contributed by atoms with Crippen LogP contribution < -0.4 is 4.74 Å². The summed E-state index contributed by atoms with van der Waals surface area (Å²) in [6, 6.07) is 17.7. The van der Waals surface area contributed by atoms with Gasteiger partial charge in [-0.05, 0) is 67.4 Å². The molecule has 3 aromatic rings. The predicted molar refractivity (Wildman–Crippen MR) is 128 cm³/mol. The summed E-state index contributed by atoms with van der Waals surface area (Å²) in [6.07, 6.45) is 4.93. The van der Waals surface area contributed by atoms with Crippen LogP contribution in [0.25, 0.3) is 10.8 Å². The normalized spacial score (nSPS) is 19.3. The summed E-state index contributed by atoms with van der Waals surface area (Å²) >= 11 is 0. The number of hydrogen-bond donors (Lipinski definition) is 0. The van der Waals surface area contributed by atoms with Gasteiger partial charge in [-0.15, -0.1) is 0 Å². The molecule has 0 N–H and O–H groups in total. The van der Waals surface area contributed by atoms with E-state index < -0.39 is 0 Å². The Morgan fingerprint density at radius 1 is 0.970 bits per heavy atom. The number of fused-ring (bicyclic) bond motifs is 1. The van der Waals surface area contributed by atoms with Gasteiger partial charge in [-0.2, -0.15) is 0 Å². The zero-order valence-corrected chi connectivity index (χ0v) is 19.1. The third-order valence-electron chi connectivity index (χ3n) is 6.62. The van der Waals surface area contributed by atoms with Crippen molar-refractivity contribution < 1.29 is 18.7 Å². The maximum absolute atomic E-state index is 12.9. The van der Waals surface area contributed by atoms with Gasteiger partial charge in [-0.3, -0.25) is 4.79 Å². The van der Waals surface area contributed by atoms with E-state index in [1.54, 1.807) is 6.07 Å². The first kappa shape index (κ1) is 22.0. The van der Waals surface area contributed by atoms with Crippen LogP contribution >= 0.6 is 0 Å². The molecular weight excluding hydrogens is 416 g/mol. The van der Waals surface area contributed by atoms with E-state index in [0.717, 1.165) is 30.7 Å². The summed E-state index contributed by atoms with van der Waals surface area (Å²) < 4.78 is 17.7. The number of furan rings is 1. The molecule has 2 fully saturated rings. The van der Waals surface area contributed by atoms with E-state index in [1.165, 1.54) is 37.7 Å². The predicted octanol–water partition coefficient (Wildman–Crippen LogP) is 4.73. The number of hydrogen-bond acceptors (Lipinski definition) is 5. The molecule has 5 rings (SSSR count). The van der Waals surface area contributed by atoms with Crippen molar-refractivity contribution in [3.8, 4) is 5.75 Å². The van der Waals surface area contributed by atoms with Crippen LogP contribution in [0.4, 0.5) is 0 Å². The number of likely N-dealkylation sites (tertiary alicyclic amines) is 2. The van der Waals surface area contributed by atoms with Gasteiger partial charge in [0.2, 0.25) is 0 Å². The summed E-state index contributed by atoms with van der Waals surface area (Å²) in [5, 5.41) is 2.31. The van der Waals surface area contributed by atoms with Crippen molar-refractivity contribution in [2.24, 2.45) is 0 Å². The van der Waals surface area contributed by atoms with E-state index >= 15 is 0 Å². The van der Waals surface area contributed by atoms with Crippen LogP contribution in [-0.4, -0.2) is 61.1 Å². The minimum atomic E-state index is -0.0749. The molecule has 6 nitrogen and oxygen atoms in total. The average Bonchev–Trinajstić information content (AvgIpc) is 3.53. The molecule has 6 heteroatoms. The maximum atomic E-state index is 12.9. The van der Waals surface area contributed by atoms with Crippen LogP contribution in [0, 0.1) is 0 Å². The molecule has 0 radical (unpaired) electrons. The molecule has 0 saturated carbocycles. The smallest absolute Gasteiger partial charge is 0.289 e. The number of carbonyl (C=O) groups excluding carboxylic acids is 1. The number of piperidine rings is 1. The van der Waals surface area contributed by atoms with E-state index in [1.807, 2.05) is 41.3 Å². The molecule has 2 aromatic carbocycles. The third-order valence-corrected chi connectivity index (χ3v) is 6.62. The van der Waals surface area contributed by atoms with E-state index in [4.69, 9.17) is 13.9 Å². The summed E-state index contributed by atoms with van der Waals surface area (Å²) in [4.78, 5) is 17.2. The summed E-state index contributed by atoms with van der Waals surface area (Å²) in [6.45, 7) is 5.72. The van der Waals surface area contributed by atoms with Gasteiger partial charge in [0.1, 0.15) is 18.1 Å². The Morgan fingerprint density at radius 3 is 2.70 bits per heavy atom. The molecule has 3 heterocycles. The van der Waals surface area contributed by atoms with Crippen molar-refractivity contribution in [1.82, 2.24) is 9.80 Å². The van der Waals surface area contributed by atoms with Crippen molar-refractivity contribution in [1.29, 1.82) is 0 Å². The number of nitrogens with zero attached hydrogens (tertiary/aromatic N) is 2. The molecule has 1 atom stereocenters. The zero-order valence-electron chi connectivity index (χ0n) is 19.1. The average molecular weight is 449 g/mol. The van der Waals surface area contributed by atoms with Gasteiger partial charge in [0.25, 0.3) is 5.91 Å². The lowest BCUT2D eigenvalue weighted by Gasteiger charge is -2.26. The van der Waals surface area contributed by atoms with Gasteiger partial charge in [0, 0.05) is 19.6 Å². The highest BCUT2D eigenvalue weighted by atomic mass is 16.5. The first-order valence-corrected chi connectivity index (χ1v) is 12.1. The molecule has 1 amide bonds. The Balaban J connectivity index is 1.08. The second-order valence-electron chi connectivity index (χ2n) is 9.00. The molecule has 2 aliphatic rings. The van der Waals surface area contributed by atoms with Crippen LogP contribution in [-0.2, 0) is 11.3 Å². The Bertz CT molecular complexity index is 1070. The second-order valence-corrected chi connectivity index (χ2v) is 9.00. The molecule has 2 saturated heterocycles. The van der Waals surface area contributed by atoms with Crippen molar-refractivity contribution in [3.63, 3.8) is 0 Å². The Labute approximate surface area is 195 Å². The number of benzene rings is 2. The Hall–Kier alpha value is -2.83. The van der Waals surface area contributed by atoms with Gasteiger partial charge >= 0.3 is 0 Å². The zero-order chi connectivity index (χ0) is 22.5. The van der Waals surface area contributed by atoms with Crippen molar-refractivity contribution in [2.75, 3.05) is 39.3 Å². The van der Waals surface area contributed by atoms with Crippen molar-refractivity contribution in [2.45, 2.75) is 38.4 Å². The van der Waals surface area contributed by atoms with Gasteiger partial charge in [-0.1, -0.05) is 36.8 Å². The molecule has 0 spiro atoms. The fourth-order valence-corrected chi connectivity index (χ4v) is 4.72. The molecular formula is C27H32N2O4. The Kier molecular flexibility index (Phi) is 6.93. The minimum Gasteiger partial charge on any atom is -0.486 e. The van der Waals surface area contributed by atoms with E-state index in [2.05, 4.69) is 17.0 Å². The molecule has 33 heavy (non-hydrogen) atoms. The topological polar surface area (TPSA) is 55.1 Å². The lowest BCUT2D eigenvalue weighted by Crippen LogP contribution is -2.34. The van der Waals surface area contributed by atoms with E-state index in [9.17, 15) is 4.79 Å². The minimum absolute atomic E-state index is 0.0749. The Morgan fingerprint density at radius 2 is 1.82 bits per heavy atom. The molecule has 0 aliphatic carbocycles. The molecule has 174 valence electrons. The van der Waals surface area contributed by atoms with Crippen molar-refractivity contribution in [3.05, 3.63) is 66.1 Å². The van der Waals surface area contributed by atoms with Gasteiger partial charge < -0.3 is 23.7 Å². The molecule has 2 aliphatic heterocycles. The molecule has 1 aromatic heterocycles. The fourth-order valence-electron chi connectivity index (χ4n) is 4.72. The van der Waals surface area contributed by atoms with E-state index in [-0.39, 0.29) is 18.6 Å². The highest BCUT2D eigenvalue weighted by Gasteiger charge is 2.29. The number of ether oxygens (including phenoxy) is 2. The number of amides is 1. The number of carbonyl (C=O) groups is 1. The van der Waals surface area contributed by atoms with Gasteiger partial charge in [-0.25, -0.2) is 0 Å². The lowest BCUT2D eigenvalue weighted by atomic mass is 10.1. The fraction of sp³-hybridized carbons (Fsp3) is 0.444. The molecule has 0 unspecified atom stereocenters. The van der Waals surface area contributed by atoms with Gasteiger partial charge in [0.05, 0.1) is 12.7 Å². The maximum Gasteiger partial charge on any atom is 0.289 e. The molecule has 0 bridgehead atoms. The first-order chi connectivity index (χ1) is 16.2. The highest BCUT2D eigenvalue weighted by molar-refractivity contribution is 5.91. The highest BCUT2D eigenvalue weighted by Crippen LogP contribution is 2.23. The largest absolute Gasteiger partial charge is 0.486 e. The van der Waals surface area contributed by atoms with Crippen LogP contribution in [0.3, 0.4) is 0 Å². The monoisotopic (exact) mass is 448 g/mol. The number of rotatable bonds is 8. The van der Waals surface area contributed by atoms with E-state index in [0.29, 0.717) is 24.6 Å². The first-order valence-electron chi connectivity index (χ1n) is 12.1. The second kappa shape index (κ2) is 10.4. The summed E-state index contributed by atoms with van der Waals surface area (Å²) in [7, 11) is 0. The standard InChI is InChI=1S/C27H32N2O4/c30-27(29-15-12-24(19-29)31-17-16-28-13-4-1-5-14-28)26-11-10-25(33-26)20-32-23-9-8-21-6-2-3-7-22(21)18-23/h2-3,6-11,18,24H,1,4-5,12-17,19-20H2/t24-/m1/s1. The van der Waals surface area contributed by atoms with Crippen LogP contribution in [0.2, 0.25) is 0 Å². The van der Waals surface area contributed by atoms with Crippen molar-refractivity contribution >= 4 is 16.7 Å². The lowest BCUT2D eigenvalue weighted by molar-refractivity contribution is 0.0374. The quantitative estimate of drug-likeness (QED) is 0.499. The van der Waals surface area contributed by atoms with Crippen LogP contribution in [0.15, 0.2) is 59.0 Å². The van der Waals surface area contributed by atoms with Crippen LogP contribution in [0.5, 0.6) is 5.75 Å². The third kappa shape index (κ3) is 5.57. The summed E-state index contributed by atoms with van der Waals surface area (Å²) in [5.74, 6) is 1.71. The summed E-state index contributed by atoms with van der Waals surface area (Å²) in [5.41, 5.74) is 0. The SMILES string of the molecule is O=C(c1ccc(COc2ccc3ccccc3c2)o1)N1CC[C@@H](OCCN2CCCCC2)C1.